The molecule has 1 saturated heterocycles. The van der Waals surface area contributed by atoms with Crippen LogP contribution >= 0.6 is 11.8 Å². The first kappa shape index (κ1) is 31.3. The Morgan fingerprint density at radius 1 is 1.06 bits per heavy atom. The quantitative estimate of drug-likeness (QED) is 0.182. The van der Waals surface area contributed by atoms with Gasteiger partial charge in [-0.2, -0.15) is 11.8 Å². The van der Waals surface area contributed by atoms with E-state index in [-0.39, 0.29) is 12.1 Å². The number of carbonyl (C=O) groups excluding carboxylic acids is 1. The molecule has 0 aromatic carbocycles. The topological polar surface area (TPSA) is 26.3 Å². The number of esters is 1. The van der Waals surface area contributed by atoms with Crippen molar-refractivity contribution in [1.29, 1.82) is 0 Å². The summed E-state index contributed by atoms with van der Waals surface area (Å²) in [4.78, 5) is 11.6. The number of hydrogen-bond donors (Lipinski definition) is 0. The molecule has 0 spiro atoms. The van der Waals surface area contributed by atoms with Gasteiger partial charge < -0.3 is 4.74 Å². The molecular weight excluding hydrogens is 436 g/mol. The molecule has 2 aliphatic rings. The summed E-state index contributed by atoms with van der Waals surface area (Å²) in [5.41, 5.74) is 2.24. The lowest BCUT2D eigenvalue weighted by Gasteiger charge is -2.31. The molecule has 1 heterocycles. The third kappa shape index (κ3) is 16.1. The third-order valence-corrected chi connectivity index (χ3v) is 8.64. The second kappa shape index (κ2) is 17.7. The molecule has 198 valence electrons. The van der Waals surface area contributed by atoms with E-state index in [2.05, 4.69) is 45.7 Å². The molecule has 0 bridgehead atoms. The van der Waals surface area contributed by atoms with E-state index in [4.69, 9.17) is 4.74 Å². The normalized spacial score (nSPS) is 22.0. The molecule has 2 nitrogen and oxygen atoms in total. The minimum Gasteiger partial charge on any atom is -0.459 e. The highest BCUT2D eigenvalue weighted by Gasteiger charge is 2.25. The average molecular weight is 493 g/mol. The Morgan fingerprint density at radius 2 is 1.62 bits per heavy atom. The summed E-state index contributed by atoms with van der Waals surface area (Å²) in [6.45, 7) is 18.6. The molecule has 1 aliphatic heterocycles. The fourth-order valence-electron chi connectivity index (χ4n) is 5.43. The van der Waals surface area contributed by atoms with Crippen molar-refractivity contribution in [3.63, 3.8) is 0 Å². The van der Waals surface area contributed by atoms with Gasteiger partial charge >= 0.3 is 5.97 Å². The van der Waals surface area contributed by atoms with Gasteiger partial charge in [0.2, 0.25) is 0 Å². The van der Waals surface area contributed by atoms with Crippen molar-refractivity contribution < 1.29 is 9.53 Å². The van der Waals surface area contributed by atoms with Gasteiger partial charge in [-0.1, -0.05) is 90.9 Å². The van der Waals surface area contributed by atoms with Crippen LogP contribution < -0.4 is 0 Å². The summed E-state index contributed by atoms with van der Waals surface area (Å²) in [7, 11) is 0. The number of rotatable bonds is 9. The lowest BCUT2D eigenvalue weighted by molar-refractivity contribution is -0.144. The van der Waals surface area contributed by atoms with Gasteiger partial charge in [0, 0.05) is 11.3 Å². The predicted molar refractivity (Wildman–Crippen MR) is 153 cm³/mol. The van der Waals surface area contributed by atoms with E-state index in [9.17, 15) is 4.79 Å². The summed E-state index contributed by atoms with van der Waals surface area (Å²) in [5.74, 6) is 3.58. The lowest BCUT2D eigenvalue weighted by atomic mass is 9.76. The number of ether oxygens (including phenoxy) is 1. The van der Waals surface area contributed by atoms with E-state index in [0.29, 0.717) is 16.9 Å². The minimum absolute atomic E-state index is 0.0416. The van der Waals surface area contributed by atoms with Gasteiger partial charge in [0.05, 0.1) is 6.10 Å². The van der Waals surface area contributed by atoms with Crippen LogP contribution in [0.25, 0.3) is 0 Å². The zero-order chi connectivity index (χ0) is 25.4. The Balaban J connectivity index is 0.000000605. The van der Waals surface area contributed by atoms with Crippen LogP contribution in [0, 0.1) is 17.3 Å². The summed E-state index contributed by atoms with van der Waals surface area (Å²) >= 11 is 2.07. The molecule has 2 fully saturated rings. The monoisotopic (exact) mass is 492 g/mol. The van der Waals surface area contributed by atoms with Crippen LogP contribution in [0.15, 0.2) is 24.3 Å². The first-order chi connectivity index (χ1) is 16.1. The Hall–Kier alpha value is -0.700. The highest BCUT2D eigenvalue weighted by atomic mass is 32.2. The second-order valence-corrected chi connectivity index (χ2v) is 13.1. The molecule has 0 radical (unpaired) electrons. The van der Waals surface area contributed by atoms with Gasteiger partial charge in [0.15, 0.2) is 0 Å². The van der Waals surface area contributed by atoms with Crippen molar-refractivity contribution in [3.05, 3.63) is 24.3 Å². The zero-order valence-corrected chi connectivity index (χ0v) is 24.2. The Kier molecular flexibility index (Phi) is 16.3. The SMILES string of the molecule is C1CCCCCCC1.C=C1CCCC(CCC(C)(C)CC(C)CC(C)OC(=O)C(=C)C)CSC1. The van der Waals surface area contributed by atoms with E-state index in [1.165, 1.54) is 101 Å². The molecule has 0 N–H and O–H groups in total. The van der Waals surface area contributed by atoms with Crippen LogP contribution in [0.5, 0.6) is 0 Å². The fraction of sp³-hybridized carbons (Fsp3) is 0.839. The maximum Gasteiger partial charge on any atom is 0.333 e. The van der Waals surface area contributed by atoms with Gasteiger partial charge in [-0.15, -0.1) is 0 Å². The summed E-state index contributed by atoms with van der Waals surface area (Å²) in [6, 6.07) is 0. The fourth-order valence-corrected chi connectivity index (χ4v) is 6.65. The maximum atomic E-state index is 11.6. The maximum absolute atomic E-state index is 11.6. The first-order valence-electron chi connectivity index (χ1n) is 14.2. The van der Waals surface area contributed by atoms with Gasteiger partial charge in [0.25, 0.3) is 0 Å². The van der Waals surface area contributed by atoms with Crippen molar-refractivity contribution in [2.45, 2.75) is 137 Å². The molecule has 0 aromatic heterocycles. The lowest BCUT2D eigenvalue weighted by Crippen LogP contribution is -2.22. The van der Waals surface area contributed by atoms with Gasteiger partial charge in [-0.25, -0.2) is 4.79 Å². The summed E-state index contributed by atoms with van der Waals surface area (Å²) < 4.78 is 5.44. The first-order valence-corrected chi connectivity index (χ1v) is 15.4. The molecule has 34 heavy (non-hydrogen) atoms. The molecule has 1 saturated carbocycles. The van der Waals surface area contributed by atoms with Crippen molar-refractivity contribution in [3.8, 4) is 0 Å². The van der Waals surface area contributed by atoms with Crippen LogP contribution in [-0.4, -0.2) is 23.6 Å². The summed E-state index contributed by atoms with van der Waals surface area (Å²) in [6.07, 6.45) is 20.5. The van der Waals surface area contributed by atoms with Gasteiger partial charge in [0.1, 0.15) is 0 Å². The average Bonchev–Trinajstić information content (AvgIpc) is 2.69. The number of thioether (sulfide) groups is 1. The number of carbonyl (C=O) groups is 1. The third-order valence-electron chi connectivity index (χ3n) is 7.32. The van der Waals surface area contributed by atoms with E-state index in [1.807, 2.05) is 6.92 Å². The molecule has 3 unspecified atom stereocenters. The van der Waals surface area contributed by atoms with Crippen LogP contribution in [0.2, 0.25) is 0 Å². The standard InChI is InChI=1S/C23H40O2S.C8H16/c1-17(2)22(24)25-20(5)13-19(4)14-23(6,7)12-11-21-10-8-9-18(3)15-26-16-21;1-2-4-6-8-7-5-3-1/h19-21H,1,3,8-16H2,2,4-7H3;1-8H2. The van der Waals surface area contributed by atoms with Crippen LogP contribution in [0.4, 0.5) is 0 Å². The van der Waals surface area contributed by atoms with Crippen LogP contribution in [0.1, 0.15) is 131 Å². The Bertz CT molecular complexity index is 558. The van der Waals surface area contributed by atoms with E-state index in [1.54, 1.807) is 6.92 Å². The second-order valence-electron chi connectivity index (χ2n) is 12.1. The Labute approximate surface area is 217 Å². The molecule has 0 aromatic rings. The Morgan fingerprint density at radius 3 is 2.15 bits per heavy atom. The molecule has 2 rings (SSSR count). The largest absolute Gasteiger partial charge is 0.459 e. The molecule has 1 aliphatic carbocycles. The van der Waals surface area contributed by atoms with Crippen molar-refractivity contribution in [2.75, 3.05) is 11.5 Å². The number of hydrogen-bond acceptors (Lipinski definition) is 3. The van der Waals surface area contributed by atoms with Crippen molar-refractivity contribution >= 4 is 17.7 Å². The zero-order valence-electron chi connectivity index (χ0n) is 23.4. The van der Waals surface area contributed by atoms with E-state index < -0.39 is 0 Å². The minimum atomic E-state index is -0.270. The highest BCUT2D eigenvalue weighted by molar-refractivity contribution is 7.99. The van der Waals surface area contributed by atoms with E-state index >= 15 is 0 Å². The molecular formula is C31H56O2S. The van der Waals surface area contributed by atoms with Crippen molar-refractivity contribution in [2.24, 2.45) is 17.3 Å². The summed E-state index contributed by atoms with van der Waals surface area (Å²) in [5, 5.41) is 0. The van der Waals surface area contributed by atoms with Crippen LogP contribution in [-0.2, 0) is 9.53 Å². The van der Waals surface area contributed by atoms with Gasteiger partial charge in [-0.05, 0) is 81.8 Å². The van der Waals surface area contributed by atoms with Crippen molar-refractivity contribution in [1.82, 2.24) is 0 Å². The molecule has 0 amide bonds. The highest BCUT2D eigenvalue weighted by Crippen LogP contribution is 2.36. The predicted octanol–water partition coefficient (Wildman–Crippen LogP) is 9.93. The van der Waals surface area contributed by atoms with E-state index in [0.717, 1.165) is 18.1 Å². The molecule has 3 heteroatoms. The van der Waals surface area contributed by atoms with Crippen LogP contribution in [0.3, 0.4) is 0 Å². The van der Waals surface area contributed by atoms with Gasteiger partial charge in [-0.3, -0.25) is 0 Å². The smallest absolute Gasteiger partial charge is 0.333 e. The molecule has 3 atom stereocenters.